The molecule has 0 aliphatic rings. The van der Waals surface area contributed by atoms with Crippen molar-refractivity contribution < 1.29 is 9.53 Å². The Hall–Kier alpha value is -1.31. The molecule has 0 spiro atoms. The maximum atomic E-state index is 10.5. The van der Waals surface area contributed by atoms with Gasteiger partial charge in [-0.25, -0.2) is 0 Å². The van der Waals surface area contributed by atoms with Crippen LogP contribution in [0.1, 0.15) is 29.3 Å². The minimum atomic E-state index is 0.722. The molecule has 13 heavy (non-hydrogen) atoms. The quantitative estimate of drug-likeness (QED) is 0.662. The predicted octanol–water partition coefficient (Wildman–Crippen LogP) is 2.60. The van der Waals surface area contributed by atoms with E-state index in [0.717, 1.165) is 36.2 Å². The molecule has 0 saturated heterocycles. The summed E-state index contributed by atoms with van der Waals surface area (Å²) in [7, 11) is 0. The van der Waals surface area contributed by atoms with Crippen LogP contribution in [-0.4, -0.2) is 12.9 Å². The van der Waals surface area contributed by atoms with Crippen molar-refractivity contribution in [3.63, 3.8) is 0 Å². The molecular formula is C11H14O2. The zero-order valence-electron chi connectivity index (χ0n) is 8.04. The summed E-state index contributed by atoms with van der Waals surface area (Å²) in [6.45, 7) is 4.69. The van der Waals surface area contributed by atoms with Crippen LogP contribution in [0.5, 0.6) is 5.75 Å². The Bertz CT molecular complexity index is 292. The van der Waals surface area contributed by atoms with E-state index in [1.54, 1.807) is 6.07 Å². The molecule has 2 nitrogen and oxygen atoms in total. The molecule has 0 unspecified atom stereocenters. The van der Waals surface area contributed by atoms with Crippen LogP contribution in [-0.2, 0) is 0 Å². The maximum absolute atomic E-state index is 10.5. The fourth-order valence-corrected chi connectivity index (χ4v) is 1.09. The summed E-state index contributed by atoms with van der Waals surface area (Å²) in [5.74, 6) is 0.838. The van der Waals surface area contributed by atoms with E-state index in [4.69, 9.17) is 4.74 Å². The van der Waals surface area contributed by atoms with Crippen molar-refractivity contribution >= 4 is 6.29 Å². The van der Waals surface area contributed by atoms with Gasteiger partial charge in [-0.2, -0.15) is 0 Å². The molecule has 0 atom stereocenters. The second kappa shape index (κ2) is 4.65. The highest BCUT2D eigenvalue weighted by atomic mass is 16.5. The van der Waals surface area contributed by atoms with Crippen LogP contribution >= 0.6 is 0 Å². The third kappa shape index (κ3) is 2.58. The summed E-state index contributed by atoms with van der Waals surface area (Å²) in [6.07, 6.45) is 1.85. The lowest BCUT2D eigenvalue weighted by atomic mass is 10.1. The van der Waals surface area contributed by atoms with Gasteiger partial charge in [0.1, 0.15) is 12.0 Å². The first-order valence-electron chi connectivity index (χ1n) is 4.46. The molecule has 70 valence electrons. The molecule has 0 aliphatic heterocycles. The van der Waals surface area contributed by atoms with Gasteiger partial charge in [0.05, 0.1) is 6.61 Å². The molecule has 0 radical (unpaired) electrons. The molecule has 0 fully saturated rings. The van der Waals surface area contributed by atoms with Gasteiger partial charge in [0, 0.05) is 5.56 Å². The Labute approximate surface area is 78.5 Å². The second-order valence-electron chi connectivity index (χ2n) is 2.98. The fourth-order valence-electron chi connectivity index (χ4n) is 1.09. The summed E-state index contributed by atoms with van der Waals surface area (Å²) >= 11 is 0. The van der Waals surface area contributed by atoms with Crippen LogP contribution in [0.4, 0.5) is 0 Å². The minimum Gasteiger partial charge on any atom is -0.494 e. The van der Waals surface area contributed by atoms with Crippen LogP contribution in [0, 0.1) is 6.92 Å². The number of carbonyl (C=O) groups is 1. The summed E-state index contributed by atoms with van der Waals surface area (Å²) < 4.78 is 5.42. The molecule has 0 amide bonds. The van der Waals surface area contributed by atoms with Gasteiger partial charge in [-0.15, -0.1) is 0 Å². The molecule has 1 aromatic carbocycles. The number of aryl methyl sites for hydroxylation is 1. The molecule has 1 rings (SSSR count). The highest BCUT2D eigenvalue weighted by Gasteiger charge is 1.98. The average Bonchev–Trinajstić information content (AvgIpc) is 2.15. The molecule has 0 saturated carbocycles. The molecular weight excluding hydrogens is 164 g/mol. The van der Waals surface area contributed by atoms with E-state index >= 15 is 0 Å². The van der Waals surface area contributed by atoms with E-state index in [1.807, 2.05) is 19.1 Å². The topological polar surface area (TPSA) is 26.3 Å². The minimum absolute atomic E-state index is 0.722. The molecule has 0 aromatic heterocycles. The lowest BCUT2D eigenvalue weighted by Crippen LogP contribution is -1.96. The van der Waals surface area contributed by atoms with Crippen molar-refractivity contribution in [2.75, 3.05) is 6.61 Å². The first-order valence-corrected chi connectivity index (χ1v) is 4.46. The van der Waals surface area contributed by atoms with Gasteiger partial charge in [0.25, 0.3) is 0 Å². The number of aldehydes is 1. The lowest BCUT2D eigenvalue weighted by molar-refractivity contribution is 0.112. The third-order valence-corrected chi connectivity index (χ3v) is 1.84. The van der Waals surface area contributed by atoms with Crippen molar-refractivity contribution in [2.45, 2.75) is 20.3 Å². The van der Waals surface area contributed by atoms with E-state index in [2.05, 4.69) is 6.92 Å². The number of benzene rings is 1. The van der Waals surface area contributed by atoms with Crippen LogP contribution in [0.15, 0.2) is 18.2 Å². The van der Waals surface area contributed by atoms with Crippen LogP contribution in [0.2, 0.25) is 0 Å². The Balaban J connectivity index is 2.77. The Morgan fingerprint density at radius 3 is 2.77 bits per heavy atom. The molecule has 0 N–H and O–H groups in total. The van der Waals surface area contributed by atoms with Crippen LogP contribution in [0.3, 0.4) is 0 Å². The number of hydrogen-bond acceptors (Lipinski definition) is 2. The zero-order chi connectivity index (χ0) is 9.68. The Kier molecular flexibility index (Phi) is 3.50. The second-order valence-corrected chi connectivity index (χ2v) is 2.98. The first-order chi connectivity index (χ1) is 6.27. The van der Waals surface area contributed by atoms with Gasteiger partial charge < -0.3 is 4.74 Å². The lowest BCUT2D eigenvalue weighted by Gasteiger charge is -2.05. The molecule has 0 bridgehead atoms. The number of ether oxygens (including phenoxy) is 1. The van der Waals surface area contributed by atoms with Gasteiger partial charge >= 0.3 is 0 Å². The Morgan fingerprint density at radius 1 is 1.46 bits per heavy atom. The molecule has 2 heteroatoms. The molecule has 0 heterocycles. The van der Waals surface area contributed by atoms with E-state index < -0.39 is 0 Å². The van der Waals surface area contributed by atoms with Crippen molar-refractivity contribution in [3.05, 3.63) is 29.3 Å². The van der Waals surface area contributed by atoms with Crippen molar-refractivity contribution in [1.29, 1.82) is 0 Å². The monoisotopic (exact) mass is 178 g/mol. The van der Waals surface area contributed by atoms with E-state index in [0.29, 0.717) is 0 Å². The fraction of sp³-hybridized carbons (Fsp3) is 0.364. The molecule has 1 aromatic rings. The summed E-state index contributed by atoms with van der Waals surface area (Å²) in [6, 6.07) is 5.50. The summed E-state index contributed by atoms with van der Waals surface area (Å²) in [4.78, 5) is 10.5. The van der Waals surface area contributed by atoms with E-state index in [1.165, 1.54) is 0 Å². The number of rotatable bonds is 4. The number of carbonyl (C=O) groups excluding carboxylic acids is 1. The van der Waals surface area contributed by atoms with Gasteiger partial charge in [-0.1, -0.05) is 6.92 Å². The smallest absolute Gasteiger partial charge is 0.150 e. The van der Waals surface area contributed by atoms with Crippen LogP contribution < -0.4 is 4.74 Å². The SMILES string of the molecule is CCCOc1ccc(C=O)c(C)c1. The average molecular weight is 178 g/mol. The number of hydrogen-bond donors (Lipinski definition) is 0. The normalized spacial score (nSPS) is 9.69. The van der Waals surface area contributed by atoms with Gasteiger partial charge in [0.15, 0.2) is 0 Å². The van der Waals surface area contributed by atoms with Crippen LogP contribution in [0.25, 0.3) is 0 Å². The predicted molar refractivity (Wildman–Crippen MR) is 52.4 cm³/mol. The Morgan fingerprint density at radius 2 is 2.23 bits per heavy atom. The highest BCUT2D eigenvalue weighted by Crippen LogP contribution is 2.15. The largest absolute Gasteiger partial charge is 0.494 e. The van der Waals surface area contributed by atoms with E-state index in [9.17, 15) is 4.79 Å². The highest BCUT2D eigenvalue weighted by molar-refractivity contribution is 5.77. The summed E-state index contributed by atoms with van der Waals surface area (Å²) in [5, 5.41) is 0. The third-order valence-electron chi connectivity index (χ3n) is 1.84. The first kappa shape index (κ1) is 9.78. The van der Waals surface area contributed by atoms with E-state index in [-0.39, 0.29) is 0 Å². The van der Waals surface area contributed by atoms with Crippen molar-refractivity contribution in [3.8, 4) is 5.75 Å². The van der Waals surface area contributed by atoms with Gasteiger partial charge in [-0.3, -0.25) is 4.79 Å². The molecule has 0 aliphatic carbocycles. The van der Waals surface area contributed by atoms with Crippen molar-refractivity contribution in [1.82, 2.24) is 0 Å². The zero-order valence-corrected chi connectivity index (χ0v) is 8.04. The van der Waals surface area contributed by atoms with Gasteiger partial charge in [0.2, 0.25) is 0 Å². The summed E-state index contributed by atoms with van der Waals surface area (Å²) in [5.41, 5.74) is 1.69. The van der Waals surface area contributed by atoms with Gasteiger partial charge in [-0.05, 0) is 37.1 Å². The van der Waals surface area contributed by atoms with Crippen molar-refractivity contribution in [2.24, 2.45) is 0 Å². The maximum Gasteiger partial charge on any atom is 0.150 e. The standard InChI is InChI=1S/C11H14O2/c1-3-6-13-11-5-4-10(8-12)9(2)7-11/h4-5,7-8H,3,6H2,1-2H3.